The van der Waals surface area contributed by atoms with Crippen LogP contribution in [-0.4, -0.2) is 49.9 Å². The summed E-state index contributed by atoms with van der Waals surface area (Å²) in [7, 11) is 0. The highest BCUT2D eigenvalue weighted by atomic mass is 79.9. The lowest BCUT2D eigenvalue weighted by Gasteiger charge is -2.10. The molecule has 12 heteroatoms. The second-order valence-corrected chi connectivity index (χ2v) is 6.63. The minimum atomic E-state index is -0.251. The summed E-state index contributed by atoms with van der Waals surface area (Å²) in [5, 5.41) is 6.02. The summed E-state index contributed by atoms with van der Waals surface area (Å²) in [4.78, 5) is 32.7. The molecule has 0 bridgehead atoms. The Morgan fingerprint density at radius 3 is 1.34 bits per heavy atom. The summed E-state index contributed by atoms with van der Waals surface area (Å²) in [6, 6.07) is 14.4. The third-order valence-corrected chi connectivity index (χ3v) is 4.56. The van der Waals surface area contributed by atoms with Crippen molar-refractivity contribution < 1.29 is 9.59 Å². The van der Waals surface area contributed by atoms with E-state index in [0.29, 0.717) is 36.1 Å². The molecule has 0 atom stereocenters. The van der Waals surface area contributed by atoms with Crippen molar-refractivity contribution in [2.24, 2.45) is 9.98 Å². The summed E-state index contributed by atoms with van der Waals surface area (Å²) in [6.45, 7) is 2.90. The number of aliphatic imine (C=N–C) groups is 2. The van der Waals surface area contributed by atoms with E-state index in [9.17, 15) is 9.59 Å². The zero-order chi connectivity index (χ0) is 20.8. The smallest absolute Gasteiger partial charge is 0.269 e. The van der Waals surface area contributed by atoms with E-state index in [4.69, 9.17) is 0 Å². The standard InChI is InChI=1S/C20H22N8O2.2BrH/c29-17(25-27-19-21-9-10-22-19)15-5-1-13(2-6-15)14-3-7-16(8-4-14)18(30)26-28-20-23-11-12-24-20;;/h1-8H,9-12H2,(H,25,29)(H,26,30)(H2,21,22,27)(H2,23,24,28);2*1H. The lowest BCUT2D eigenvalue weighted by atomic mass is 10.0. The summed E-state index contributed by atoms with van der Waals surface area (Å²) in [5.41, 5.74) is 13.7. The van der Waals surface area contributed by atoms with E-state index in [2.05, 4.69) is 42.3 Å². The van der Waals surface area contributed by atoms with Crippen LogP contribution in [0, 0.1) is 0 Å². The first-order valence-corrected chi connectivity index (χ1v) is 9.59. The fraction of sp³-hybridized carbons (Fsp3) is 0.200. The van der Waals surface area contributed by atoms with Crippen molar-refractivity contribution in [1.29, 1.82) is 0 Å². The van der Waals surface area contributed by atoms with Crippen LogP contribution in [0.3, 0.4) is 0 Å². The zero-order valence-corrected chi connectivity index (χ0v) is 20.4. The third kappa shape index (κ3) is 6.44. The molecule has 0 fully saturated rings. The topological polar surface area (TPSA) is 131 Å². The van der Waals surface area contributed by atoms with Gasteiger partial charge in [-0.25, -0.2) is 0 Å². The predicted molar refractivity (Wildman–Crippen MR) is 134 cm³/mol. The van der Waals surface area contributed by atoms with Crippen molar-refractivity contribution in [3.05, 3.63) is 59.7 Å². The van der Waals surface area contributed by atoms with E-state index < -0.39 is 0 Å². The van der Waals surface area contributed by atoms with Crippen molar-refractivity contribution in [3.63, 3.8) is 0 Å². The van der Waals surface area contributed by atoms with Gasteiger partial charge in [-0.3, -0.25) is 41.3 Å². The van der Waals surface area contributed by atoms with Gasteiger partial charge >= 0.3 is 0 Å². The van der Waals surface area contributed by atoms with E-state index in [-0.39, 0.29) is 45.8 Å². The number of guanidine groups is 2. The van der Waals surface area contributed by atoms with Gasteiger partial charge in [-0.1, -0.05) is 24.3 Å². The molecular weight excluding hydrogens is 544 g/mol. The third-order valence-electron chi connectivity index (χ3n) is 4.56. The van der Waals surface area contributed by atoms with Crippen LogP contribution >= 0.6 is 34.0 Å². The van der Waals surface area contributed by atoms with Gasteiger partial charge in [0.05, 0.1) is 13.1 Å². The number of nitrogens with zero attached hydrogens (tertiary/aromatic N) is 2. The van der Waals surface area contributed by atoms with E-state index >= 15 is 0 Å². The molecule has 0 aliphatic carbocycles. The van der Waals surface area contributed by atoms with Gasteiger partial charge in [-0.05, 0) is 35.4 Å². The summed E-state index contributed by atoms with van der Waals surface area (Å²) >= 11 is 0. The molecule has 170 valence electrons. The molecule has 32 heavy (non-hydrogen) atoms. The van der Waals surface area contributed by atoms with Crippen LogP contribution in [0.4, 0.5) is 0 Å². The number of hydrogen-bond acceptors (Lipinski definition) is 8. The molecule has 4 rings (SSSR count). The Morgan fingerprint density at radius 2 is 1.03 bits per heavy atom. The van der Waals surface area contributed by atoms with E-state index in [1.54, 1.807) is 24.3 Å². The van der Waals surface area contributed by atoms with Crippen molar-refractivity contribution >= 4 is 57.7 Å². The van der Waals surface area contributed by atoms with Crippen molar-refractivity contribution in [1.82, 2.24) is 32.3 Å². The molecule has 0 saturated heterocycles. The normalized spacial score (nSPS) is 13.8. The Bertz CT molecular complexity index is 912. The van der Waals surface area contributed by atoms with Gasteiger partial charge in [0, 0.05) is 24.2 Å². The van der Waals surface area contributed by atoms with Gasteiger partial charge in [0.25, 0.3) is 11.8 Å². The molecule has 2 heterocycles. The lowest BCUT2D eigenvalue weighted by Crippen LogP contribution is -2.46. The van der Waals surface area contributed by atoms with Crippen LogP contribution in [-0.2, 0) is 0 Å². The van der Waals surface area contributed by atoms with Crippen LogP contribution in [0.15, 0.2) is 58.5 Å². The predicted octanol–water partition coefficient (Wildman–Crippen LogP) is 0.897. The molecule has 0 saturated carbocycles. The van der Waals surface area contributed by atoms with Crippen LogP contribution in [0.1, 0.15) is 20.7 Å². The fourth-order valence-corrected chi connectivity index (χ4v) is 2.97. The zero-order valence-electron chi connectivity index (χ0n) is 17.0. The summed E-state index contributed by atoms with van der Waals surface area (Å²) < 4.78 is 0. The first-order valence-electron chi connectivity index (χ1n) is 9.59. The molecule has 6 N–H and O–H groups in total. The first kappa shape index (κ1) is 25.1. The Hall–Kier alpha value is -3.12. The maximum absolute atomic E-state index is 12.2. The van der Waals surface area contributed by atoms with Crippen molar-refractivity contribution in [3.8, 4) is 11.1 Å². The number of carbonyl (C=O) groups is 2. The second kappa shape index (κ2) is 12.1. The number of carbonyl (C=O) groups excluding carboxylic acids is 2. The molecule has 0 aromatic heterocycles. The van der Waals surface area contributed by atoms with Gasteiger partial charge in [-0.15, -0.1) is 34.0 Å². The molecule has 2 aliphatic rings. The molecule has 2 aromatic carbocycles. The van der Waals surface area contributed by atoms with Gasteiger partial charge in [0.2, 0.25) is 11.9 Å². The van der Waals surface area contributed by atoms with E-state index in [1.807, 2.05) is 24.3 Å². The van der Waals surface area contributed by atoms with Gasteiger partial charge < -0.3 is 10.6 Å². The monoisotopic (exact) mass is 566 g/mol. The Balaban J connectivity index is 0.00000181. The van der Waals surface area contributed by atoms with Crippen molar-refractivity contribution in [2.75, 3.05) is 26.2 Å². The largest absolute Gasteiger partial charge is 0.353 e. The highest BCUT2D eigenvalue weighted by molar-refractivity contribution is 8.93. The molecule has 2 aliphatic heterocycles. The number of nitrogens with one attached hydrogen (secondary N) is 6. The highest BCUT2D eigenvalue weighted by Gasteiger charge is 2.10. The molecule has 2 aromatic rings. The van der Waals surface area contributed by atoms with Crippen LogP contribution < -0.4 is 32.3 Å². The fourth-order valence-electron chi connectivity index (χ4n) is 2.97. The second-order valence-electron chi connectivity index (χ2n) is 6.63. The van der Waals surface area contributed by atoms with E-state index in [0.717, 1.165) is 24.2 Å². The Morgan fingerprint density at radius 1 is 0.656 bits per heavy atom. The maximum atomic E-state index is 12.2. The number of hydrazine groups is 2. The average molecular weight is 568 g/mol. The summed E-state index contributed by atoms with van der Waals surface area (Å²) in [5.74, 6) is 0.622. The van der Waals surface area contributed by atoms with Crippen molar-refractivity contribution in [2.45, 2.75) is 0 Å². The molecule has 0 unspecified atom stereocenters. The van der Waals surface area contributed by atoms with Crippen LogP contribution in [0.2, 0.25) is 0 Å². The minimum Gasteiger partial charge on any atom is -0.353 e. The number of halogens is 2. The number of benzene rings is 2. The number of rotatable bonds is 3. The SMILES string of the molecule is Br.Br.O=C(NNC1=NCCN1)c1ccc(-c2ccc(C(=O)NNC3=NCCN3)cc2)cc1. The highest BCUT2D eigenvalue weighted by Crippen LogP contribution is 2.20. The lowest BCUT2D eigenvalue weighted by molar-refractivity contribution is 0.0935. The molecule has 0 spiro atoms. The molecular formula is C20H24Br2N8O2. The first-order chi connectivity index (χ1) is 14.7. The average Bonchev–Trinajstić information content (AvgIpc) is 3.50. The van der Waals surface area contributed by atoms with E-state index in [1.165, 1.54) is 0 Å². The maximum Gasteiger partial charge on any atom is 0.269 e. The van der Waals surface area contributed by atoms with Crippen LogP contribution in [0.25, 0.3) is 11.1 Å². The Labute approximate surface area is 206 Å². The van der Waals surface area contributed by atoms with Gasteiger partial charge in [0.15, 0.2) is 0 Å². The minimum absolute atomic E-state index is 0. The molecule has 0 radical (unpaired) electrons. The Kier molecular flexibility index (Phi) is 9.47. The van der Waals surface area contributed by atoms with Gasteiger partial charge in [-0.2, -0.15) is 0 Å². The number of amides is 2. The quantitative estimate of drug-likeness (QED) is 0.306. The molecule has 2 amide bonds. The molecule has 10 nitrogen and oxygen atoms in total. The van der Waals surface area contributed by atoms with Crippen LogP contribution in [0.5, 0.6) is 0 Å². The van der Waals surface area contributed by atoms with Gasteiger partial charge in [0.1, 0.15) is 0 Å². The summed E-state index contributed by atoms with van der Waals surface area (Å²) in [6.07, 6.45) is 0. The number of hydrogen-bond donors (Lipinski definition) is 6.